The first-order valence-corrected chi connectivity index (χ1v) is 10.7. The van der Waals surface area contributed by atoms with Gasteiger partial charge in [-0.25, -0.2) is 4.98 Å². The molecule has 4 aromatic rings. The molecule has 1 amide bonds. The summed E-state index contributed by atoms with van der Waals surface area (Å²) in [5, 5.41) is 1.06. The molecule has 0 saturated carbocycles. The van der Waals surface area contributed by atoms with Gasteiger partial charge >= 0.3 is 0 Å². The highest BCUT2D eigenvalue weighted by Gasteiger charge is 2.30. The predicted octanol–water partition coefficient (Wildman–Crippen LogP) is 5.32. The number of carbonyl (C=O) groups is 1. The molecule has 0 radical (unpaired) electrons. The molecule has 5 rings (SSSR count). The van der Waals surface area contributed by atoms with E-state index in [9.17, 15) is 9.59 Å². The first kappa shape index (κ1) is 19.7. The fourth-order valence-electron chi connectivity index (χ4n) is 3.78. The summed E-state index contributed by atoms with van der Waals surface area (Å²) in [6, 6.07) is 19.8. The Kier molecular flexibility index (Phi) is 4.76. The second-order valence-electron chi connectivity index (χ2n) is 7.19. The van der Waals surface area contributed by atoms with Gasteiger partial charge in [-0.2, -0.15) is 0 Å². The van der Waals surface area contributed by atoms with Crippen molar-refractivity contribution in [2.75, 3.05) is 11.9 Å². The monoisotopic (exact) mass is 491 g/mol. The van der Waals surface area contributed by atoms with E-state index in [1.807, 2.05) is 24.3 Å². The van der Waals surface area contributed by atoms with Crippen LogP contribution in [0.2, 0.25) is 5.02 Å². The number of halogens is 2. The standard InChI is InChI=1S/C24H15BrClN3O2/c1-28-21-11-6-14(25)12-18(21)19(23(28)30)13-22-27-20-5-3-2-4-17(20)24(31)29(22)16-9-7-15(26)8-10-16/h2-13H,1H3/b19-13-. The lowest BCUT2D eigenvalue weighted by Gasteiger charge is -2.12. The average Bonchev–Trinajstić information content (AvgIpc) is 2.99. The second kappa shape index (κ2) is 7.48. The molecule has 3 aromatic carbocycles. The Hall–Kier alpha value is -3.22. The van der Waals surface area contributed by atoms with Gasteiger partial charge in [-0.15, -0.1) is 0 Å². The molecule has 0 atom stereocenters. The van der Waals surface area contributed by atoms with E-state index in [0.29, 0.717) is 33.0 Å². The topological polar surface area (TPSA) is 55.2 Å². The molecule has 7 heteroatoms. The minimum atomic E-state index is -0.215. The van der Waals surface area contributed by atoms with Crippen LogP contribution in [0.25, 0.3) is 28.2 Å². The number of benzene rings is 3. The van der Waals surface area contributed by atoms with Crippen molar-refractivity contribution in [1.29, 1.82) is 0 Å². The zero-order chi connectivity index (χ0) is 21.7. The third kappa shape index (κ3) is 3.28. The summed E-state index contributed by atoms with van der Waals surface area (Å²) in [5.74, 6) is 0.216. The van der Waals surface area contributed by atoms with E-state index < -0.39 is 0 Å². The highest BCUT2D eigenvalue weighted by molar-refractivity contribution is 9.10. The van der Waals surface area contributed by atoms with Crippen molar-refractivity contribution in [3.8, 4) is 5.69 Å². The first-order valence-electron chi connectivity index (χ1n) is 9.51. The minimum absolute atomic E-state index is 0.154. The highest BCUT2D eigenvalue weighted by atomic mass is 79.9. The molecule has 0 bridgehead atoms. The summed E-state index contributed by atoms with van der Waals surface area (Å²) in [6.45, 7) is 0. The van der Waals surface area contributed by atoms with Gasteiger partial charge < -0.3 is 4.90 Å². The quantitative estimate of drug-likeness (QED) is 0.356. The van der Waals surface area contributed by atoms with Gasteiger partial charge in [0.25, 0.3) is 11.5 Å². The Balaban J connectivity index is 1.82. The molecular formula is C24H15BrClN3O2. The van der Waals surface area contributed by atoms with Crippen LogP contribution < -0.4 is 10.5 Å². The Labute approximate surface area is 191 Å². The summed E-state index contributed by atoms with van der Waals surface area (Å²) < 4.78 is 2.37. The van der Waals surface area contributed by atoms with Crippen LogP contribution in [0.1, 0.15) is 11.4 Å². The molecule has 1 aliphatic heterocycles. The smallest absolute Gasteiger partial charge is 0.266 e. The molecule has 0 N–H and O–H groups in total. The van der Waals surface area contributed by atoms with Gasteiger partial charge in [0.05, 0.1) is 27.9 Å². The lowest BCUT2D eigenvalue weighted by molar-refractivity contribution is -0.112. The van der Waals surface area contributed by atoms with Crippen molar-refractivity contribution in [1.82, 2.24) is 9.55 Å². The third-order valence-electron chi connectivity index (χ3n) is 5.31. The number of nitrogens with zero attached hydrogens (tertiary/aromatic N) is 3. The molecule has 0 fully saturated rings. The van der Waals surface area contributed by atoms with Gasteiger partial charge in [0.15, 0.2) is 0 Å². The Morgan fingerprint density at radius 1 is 1.00 bits per heavy atom. The molecule has 0 spiro atoms. The summed E-state index contributed by atoms with van der Waals surface area (Å²) in [4.78, 5) is 32.8. The van der Waals surface area contributed by atoms with E-state index in [1.54, 1.807) is 60.5 Å². The molecular weight excluding hydrogens is 478 g/mol. The summed E-state index contributed by atoms with van der Waals surface area (Å²) in [6.07, 6.45) is 1.68. The number of carbonyl (C=O) groups excluding carboxylic acids is 1. The summed E-state index contributed by atoms with van der Waals surface area (Å²) >= 11 is 9.53. The predicted molar refractivity (Wildman–Crippen MR) is 128 cm³/mol. The average molecular weight is 493 g/mol. The van der Waals surface area contributed by atoms with Crippen molar-refractivity contribution < 1.29 is 4.79 Å². The zero-order valence-electron chi connectivity index (χ0n) is 16.3. The summed E-state index contributed by atoms with van der Waals surface area (Å²) in [7, 11) is 1.73. The van der Waals surface area contributed by atoms with E-state index in [2.05, 4.69) is 15.9 Å². The number of hydrogen-bond acceptors (Lipinski definition) is 3. The van der Waals surface area contributed by atoms with Gasteiger partial charge in [0, 0.05) is 22.1 Å². The van der Waals surface area contributed by atoms with Crippen LogP contribution in [0.15, 0.2) is 76.0 Å². The van der Waals surface area contributed by atoms with E-state index in [1.165, 1.54) is 4.57 Å². The van der Waals surface area contributed by atoms with Crippen LogP contribution >= 0.6 is 27.5 Å². The number of anilines is 1. The second-order valence-corrected chi connectivity index (χ2v) is 8.54. The molecule has 31 heavy (non-hydrogen) atoms. The van der Waals surface area contributed by atoms with Gasteiger partial charge in [0.2, 0.25) is 0 Å². The third-order valence-corrected chi connectivity index (χ3v) is 6.05. The SMILES string of the molecule is CN1C(=O)/C(=C\c2nc3ccccc3c(=O)n2-c2ccc(Cl)cc2)c2cc(Br)ccc21. The van der Waals surface area contributed by atoms with Crippen molar-refractivity contribution in [2.24, 2.45) is 0 Å². The van der Waals surface area contributed by atoms with Crippen molar-refractivity contribution in [3.63, 3.8) is 0 Å². The van der Waals surface area contributed by atoms with Crippen molar-refractivity contribution >= 4 is 61.7 Å². The Morgan fingerprint density at radius 3 is 2.52 bits per heavy atom. The lowest BCUT2D eigenvalue weighted by Crippen LogP contribution is -2.23. The van der Waals surface area contributed by atoms with Gasteiger partial charge in [-0.05, 0) is 60.7 Å². The van der Waals surface area contributed by atoms with E-state index in [4.69, 9.17) is 16.6 Å². The number of likely N-dealkylation sites (N-methyl/N-ethyl adjacent to an activating group) is 1. The number of fused-ring (bicyclic) bond motifs is 2. The van der Waals surface area contributed by atoms with Crippen molar-refractivity contribution in [2.45, 2.75) is 0 Å². The van der Waals surface area contributed by atoms with Crippen LogP contribution in [0.5, 0.6) is 0 Å². The fourth-order valence-corrected chi connectivity index (χ4v) is 4.26. The molecule has 152 valence electrons. The minimum Gasteiger partial charge on any atom is -0.311 e. The Morgan fingerprint density at radius 2 is 1.74 bits per heavy atom. The van der Waals surface area contributed by atoms with E-state index in [0.717, 1.165) is 15.7 Å². The van der Waals surface area contributed by atoms with Crippen LogP contribution in [0, 0.1) is 0 Å². The lowest BCUT2D eigenvalue weighted by atomic mass is 10.1. The number of hydrogen-bond donors (Lipinski definition) is 0. The van der Waals surface area contributed by atoms with Gasteiger partial charge in [-0.1, -0.05) is 39.7 Å². The zero-order valence-corrected chi connectivity index (χ0v) is 18.7. The normalized spacial score (nSPS) is 14.5. The molecule has 2 heterocycles. The number of amides is 1. The van der Waals surface area contributed by atoms with Crippen LogP contribution in [-0.2, 0) is 4.79 Å². The molecule has 5 nitrogen and oxygen atoms in total. The van der Waals surface area contributed by atoms with E-state index >= 15 is 0 Å². The first-order chi connectivity index (χ1) is 14.9. The number of rotatable bonds is 2. The molecule has 0 aliphatic carbocycles. The Bertz CT molecular complexity index is 1460. The highest BCUT2D eigenvalue weighted by Crippen LogP contribution is 2.38. The fraction of sp³-hybridized carbons (Fsp3) is 0.0417. The molecule has 0 saturated heterocycles. The number of aromatic nitrogens is 2. The van der Waals surface area contributed by atoms with Gasteiger partial charge in [0.1, 0.15) is 5.82 Å². The maximum atomic E-state index is 13.4. The molecule has 1 aliphatic rings. The van der Waals surface area contributed by atoms with Crippen LogP contribution in [0.4, 0.5) is 5.69 Å². The summed E-state index contributed by atoms with van der Waals surface area (Å²) in [5.41, 5.74) is 3.04. The largest absolute Gasteiger partial charge is 0.311 e. The molecule has 0 unspecified atom stereocenters. The van der Waals surface area contributed by atoms with Crippen molar-refractivity contribution in [3.05, 3.63) is 98.0 Å². The maximum absolute atomic E-state index is 13.4. The number of para-hydroxylation sites is 1. The van der Waals surface area contributed by atoms with Crippen LogP contribution in [-0.4, -0.2) is 22.5 Å². The molecule has 1 aromatic heterocycles. The van der Waals surface area contributed by atoms with Crippen LogP contribution in [0.3, 0.4) is 0 Å². The van der Waals surface area contributed by atoms with Gasteiger partial charge in [-0.3, -0.25) is 14.2 Å². The maximum Gasteiger partial charge on any atom is 0.266 e. The van der Waals surface area contributed by atoms with E-state index in [-0.39, 0.29) is 11.5 Å².